The fourth-order valence-corrected chi connectivity index (χ4v) is 2.05. The molecule has 0 spiro atoms. The quantitative estimate of drug-likeness (QED) is 0.340. The molecule has 0 saturated heterocycles. The molecule has 1 unspecified atom stereocenters. The van der Waals surface area contributed by atoms with E-state index in [-0.39, 0.29) is 18.4 Å². The average Bonchev–Trinajstić information content (AvgIpc) is 2.47. The molecule has 1 heterocycles. The van der Waals surface area contributed by atoms with Crippen LogP contribution in [0.1, 0.15) is 12.0 Å². The van der Waals surface area contributed by atoms with Crippen LogP contribution >= 0.6 is 15.9 Å². The van der Waals surface area contributed by atoms with Crippen molar-refractivity contribution in [1.82, 2.24) is 16.2 Å². The van der Waals surface area contributed by atoms with Gasteiger partial charge in [0, 0.05) is 10.9 Å². The molecular weight excluding hydrogens is 326 g/mol. The molecule has 1 aliphatic heterocycles. The zero-order valence-electron chi connectivity index (χ0n) is 10.5. The summed E-state index contributed by atoms with van der Waals surface area (Å²) < 4.78 is 0.969. The Hall–Kier alpha value is -1.77. The second-order valence-electron chi connectivity index (χ2n) is 4.25. The van der Waals surface area contributed by atoms with E-state index < -0.39 is 6.04 Å². The summed E-state index contributed by atoms with van der Waals surface area (Å²) in [4.78, 5) is 22.8. The fourth-order valence-electron chi connectivity index (χ4n) is 1.79. The summed E-state index contributed by atoms with van der Waals surface area (Å²) in [5, 5.41) is 6.88. The first-order valence-corrected chi connectivity index (χ1v) is 6.74. The maximum absolute atomic E-state index is 11.7. The number of hydrogen-bond donors (Lipinski definition) is 4. The Balaban J connectivity index is 2.04. The van der Waals surface area contributed by atoms with E-state index in [9.17, 15) is 9.59 Å². The summed E-state index contributed by atoms with van der Waals surface area (Å²) >= 11 is 3.36. The maximum Gasteiger partial charge on any atom is 0.257 e. The first-order valence-electron chi connectivity index (χ1n) is 5.95. The standard InChI is InChI=1S/C12H14BrN5O2/c13-8-3-1-7(2-4-8)9-5-10(12(20)18-17-9)15-6-11(19)16-14/h1-4,10,15H,5-6,14H2,(H,16,19)(H,18,20). The van der Waals surface area contributed by atoms with Gasteiger partial charge in [0.2, 0.25) is 5.91 Å². The molecule has 1 aliphatic rings. The zero-order valence-corrected chi connectivity index (χ0v) is 12.1. The predicted molar refractivity (Wildman–Crippen MR) is 77.6 cm³/mol. The number of nitrogens with one attached hydrogen (secondary N) is 3. The van der Waals surface area contributed by atoms with E-state index in [2.05, 4.69) is 31.8 Å². The maximum atomic E-state index is 11.7. The van der Waals surface area contributed by atoms with Crippen LogP contribution in [0.4, 0.5) is 0 Å². The van der Waals surface area contributed by atoms with Crippen molar-refractivity contribution < 1.29 is 9.59 Å². The molecular formula is C12H14BrN5O2. The van der Waals surface area contributed by atoms with Crippen LogP contribution < -0.4 is 22.0 Å². The van der Waals surface area contributed by atoms with Gasteiger partial charge in [-0.15, -0.1) is 0 Å². The number of nitrogens with zero attached hydrogens (tertiary/aromatic N) is 1. The van der Waals surface area contributed by atoms with E-state index >= 15 is 0 Å². The zero-order chi connectivity index (χ0) is 14.5. The minimum absolute atomic E-state index is 0.0256. The molecule has 1 aromatic carbocycles. The molecule has 0 saturated carbocycles. The van der Waals surface area contributed by atoms with E-state index in [1.54, 1.807) is 0 Å². The molecule has 5 N–H and O–H groups in total. The molecule has 106 valence electrons. The second-order valence-corrected chi connectivity index (χ2v) is 5.16. The van der Waals surface area contributed by atoms with Crippen LogP contribution in [-0.4, -0.2) is 30.1 Å². The van der Waals surface area contributed by atoms with Crippen LogP contribution in [0, 0.1) is 0 Å². The lowest BCUT2D eigenvalue weighted by atomic mass is 10.0. The number of carbonyl (C=O) groups excluding carboxylic acids is 2. The van der Waals surface area contributed by atoms with Crippen LogP contribution in [0.5, 0.6) is 0 Å². The molecule has 2 rings (SSSR count). The molecule has 1 aromatic rings. The van der Waals surface area contributed by atoms with Gasteiger partial charge < -0.3 is 0 Å². The summed E-state index contributed by atoms with van der Waals surface area (Å²) in [6.07, 6.45) is 0.408. The first-order chi connectivity index (χ1) is 9.60. The van der Waals surface area contributed by atoms with E-state index in [0.29, 0.717) is 6.42 Å². The number of nitrogens with two attached hydrogens (primary N) is 1. The number of hydrazone groups is 1. The Kier molecular flexibility index (Phi) is 4.83. The van der Waals surface area contributed by atoms with E-state index in [1.807, 2.05) is 29.7 Å². The minimum Gasteiger partial charge on any atom is -0.297 e. The van der Waals surface area contributed by atoms with Gasteiger partial charge in [-0.05, 0) is 17.7 Å². The molecule has 8 heteroatoms. The van der Waals surface area contributed by atoms with Crippen molar-refractivity contribution in [3.63, 3.8) is 0 Å². The van der Waals surface area contributed by atoms with Crippen molar-refractivity contribution in [1.29, 1.82) is 0 Å². The third kappa shape index (κ3) is 3.62. The second kappa shape index (κ2) is 6.60. The highest BCUT2D eigenvalue weighted by Gasteiger charge is 2.25. The summed E-state index contributed by atoms with van der Waals surface area (Å²) in [5.41, 5.74) is 6.12. The molecule has 0 fully saturated rings. The normalized spacial score (nSPS) is 18.2. The Morgan fingerprint density at radius 2 is 2.15 bits per heavy atom. The van der Waals surface area contributed by atoms with Gasteiger partial charge in [0.25, 0.3) is 5.91 Å². The average molecular weight is 340 g/mol. The summed E-state index contributed by atoms with van der Waals surface area (Å²) in [5.74, 6) is 4.33. The topological polar surface area (TPSA) is 109 Å². The Labute approximate surface area is 124 Å². The molecule has 0 radical (unpaired) electrons. The van der Waals surface area contributed by atoms with Gasteiger partial charge in [-0.2, -0.15) is 5.10 Å². The van der Waals surface area contributed by atoms with Crippen molar-refractivity contribution in [2.45, 2.75) is 12.5 Å². The summed E-state index contributed by atoms with van der Waals surface area (Å²) in [7, 11) is 0. The highest BCUT2D eigenvalue weighted by Crippen LogP contribution is 2.14. The van der Waals surface area contributed by atoms with E-state index in [4.69, 9.17) is 5.84 Å². The monoisotopic (exact) mass is 339 g/mol. The van der Waals surface area contributed by atoms with E-state index in [1.165, 1.54) is 0 Å². The van der Waals surface area contributed by atoms with Gasteiger partial charge in [0.15, 0.2) is 0 Å². The predicted octanol–water partition coefficient (Wildman–Crippen LogP) is -0.379. The third-order valence-corrected chi connectivity index (χ3v) is 3.39. The van der Waals surface area contributed by atoms with Crippen molar-refractivity contribution >= 4 is 33.5 Å². The van der Waals surface area contributed by atoms with Gasteiger partial charge in [0.1, 0.15) is 0 Å². The largest absolute Gasteiger partial charge is 0.297 e. The van der Waals surface area contributed by atoms with Gasteiger partial charge in [0.05, 0.1) is 18.3 Å². The van der Waals surface area contributed by atoms with Gasteiger partial charge in [-0.25, -0.2) is 11.3 Å². The number of benzene rings is 1. The van der Waals surface area contributed by atoms with Crippen LogP contribution in [0.3, 0.4) is 0 Å². The smallest absolute Gasteiger partial charge is 0.257 e. The molecule has 7 nitrogen and oxygen atoms in total. The molecule has 0 bridgehead atoms. The van der Waals surface area contributed by atoms with Gasteiger partial charge in [-0.3, -0.25) is 20.3 Å². The fraction of sp³-hybridized carbons (Fsp3) is 0.250. The number of hydrogen-bond acceptors (Lipinski definition) is 5. The molecule has 0 aromatic heterocycles. The molecule has 1 atom stereocenters. The van der Waals surface area contributed by atoms with Crippen molar-refractivity contribution in [3.8, 4) is 0 Å². The number of amides is 2. The lowest BCUT2D eigenvalue weighted by Gasteiger charge is -2.22. The molecule has 0 aliphatic carbocycles. The Bertz CT molecular complexity index is 543. The van der Waals surface area contributed by atoms with Gasteiger partial charge >= 0.3 is 0 Å². The van der Waals surface area contributed by atoms with E-state index in [0.717, 1.165) is 15.7 Å². The molecule has 20 heavy (non-hydrogen) atoms. The highest BCUT2D eigenvalue weighted by molar-refractivity contribution is 9.10. The lowest BCUT2D eigenvalue weighted by molar-refractivity contribution is -0.124. The number of hydrazine groups is 1. The minimum atomic E-state index is -0.511. The molecule has 2 amide bonds. The lowest BCUT2D eigenvalue weighted by Crippen LogP contribution is -2.50. The number of halogens is 1. The van der Waals surface area contributed by atoms with Crippen molar-refractivity contribution in [2.75, 3.05) is 6.54 Å². The Morgan fingerprint density at radius 3 is 2.80 bits per heavy atom. The van der Waals surface area contributed by atoms with Gasteiger partial charge in [-0.1, -0.05) is 28.1 Å². The highest BCUT2D eigenvalue weighted by atomic mass is 79.9. The summed E-state index contributed by atoms with van der Waals surface area (Å²) in [6.45, 7) is -0.0256. The number of rotatable bonds is 4. The van der Waals surface area contributed by atoms with Crippen LogP contribution in [0.25, 0.3) is 0 Å². The summed E-state index contributed by atoms with van der Waals surface area (Å²) in [6, 6.07) is 7.11. The first kappa shape index (κ1) is 14.6. The number of carbonyl (C=O) groups is 2. The van der Waals surface area contributed by atoms with Crippen LogP contribution in [0.15, 0.2) is 33.8 Å². The van der Waals surface area contributed by atoms with Crippen molar-refractivity contribution in [2.24, 2.45) is 10.9 Å². The third-order valence-electron chi connectivity index (χ3n) is 2.86. The Morgan fingerprint density at radius 1 is 1.45 bits per heavy atom. The SMILES string of the molecule is NNC(=O)CNC1CC(c2ccc(Br)cc2)=NNC1=O. The van der Waals surface area contributed by atoms with Crippen LogP contribution in [-0.2, 0) is 9.59 Å². The van der Waals surface area contributed by atoms with Crippen molar-refractivity contribution in [3.05, 3.63) is 34.3 Å². The van der Waals surface area contributed by atoms with Crippen LogP contribution in [0.2, 0.25) is 0 Å².